The van der Waals surface area contributed by atoms with Gasteiger partial charge in [-0.25, -0.2) is 0 Å². The normalized spacial score (nSPS) is 16.3. The fraction of sp³-hybridized carbons (Fsp3) is 0.238. The molecule has 0 aliphatic heterocycles. The Labute approximate surface area is 185 Å². The number of alkyl halides is 3. The summed E-state index contributed by atoms with van der Waals surface area (Å²) in [6, 6.07) is 8.85. The first-order valence-corrected chi connectivity index (χ1v) is 10.5. The number of aromatic nitrogens is 2. The second-order valence-electron chi connectivity index (χ2n) is 7.09. The summed E-state index contributed by atoms with van der Waals surface area (Å²) in [4.78, 5) is 8.45. The number of nitrogens with zero attached hydrogens (tertiary/aromatic N) is 2. The molecule has 0 fully saturated rings. The number of benzene rings is 2. The second kappa shape index (κ2) is 8.21. The third kappa shape index (κ3) is 4.34. The summed E-state index contributed by atoms with van der Waals surface area (Å²) < 4.78 is 39.2. The first kappa shape index (κ1) is 21.2. The van der Waals surface area contributed by atoms with Crippen LogP contribution in [0.1, 0.15) is 23.1 Å². The molecular formula is C21H16AsClF3N3O. The van der Waals surface area contributed by atoms with Crippen LogP contribution in [0.5, 0.6) is 0 Å². The molecule has 2 aromatic carbocycles. The van der Waals surface area contributed by atoms with Gasteiger partial charge in [0.1, 0.15) is 0 Å². The molecule has 0 amide bonds. The van der Waals surface area contributed by atoms with Crippen LogP contribution >= 0.6 is 11.6 Å². The fourth-order valence-electron chi connectivity index (χ4n) is 3.57. The van der Waals surface area contributed by atoms with E-state index >= 15 is 0 Å². The van der Waals surface area contributed by atoms with Gasteiger partial charge in [0.25, 0.3) is 0 Å². The van der Waals surface area contributed by atoms with E-state index in [-0.39, 0.29) is 0 Å². The summed E-state index contributed by atoms with van der Waals surface area (Å²) in [6.07, 6.45) is -1.61. The third-order valence-corrected chi connectivity index (χ3v) is 6.20. The van der Waals surface area contributed by atoms with E-state index in [1.807, 2.05) is 6.07 Å². The van der Waals surface area contributed by atoms with Crippen LogP contribution in [0.3, 0.4) is 0 Å². The molecule has 0 saturated heterocycles. The van der Waals surface area contributed by atoms with Gasteiger partial charge in [-0.1, -0.05) is 0 Å². The Morgan fingerprint density at radius 1 is 1.10 bits per heavy atom. The number of halogens is 4. The summed E-state index contributed by atoms with van der Waals surface area (Å²) in [7, 11) is 0. The van der Waals surface area contributed by atoms with E-state index in [9.17, 15) is 18.3 Å². The van der Waals surface area contributed by atoms with Gasteiger partial charge in [-0.05, 0) is 0 Å². The molecule has 1 heterocycles. The van der Waals surface area contributed by atoms with Gasteiger partial charge in [0, 0.05) is 0 Å². The third-order valence-electron chi connectivity index (χ3n) is 5.07. The van der Waals surface area contributed by atoms with Crippen LogP contribution in [0.25, 0.3) is 11.3 Å². The number of anilines is 2. The molecule has 0 spiro atoms. The Bertz CT molecular complexity index is 1110. The van der Waals surface area contributed by atoms with E-state index in [2.05, 4.69) is 32.1 Å². The summed E-state index contributed by atoms with van der Waals surface area (Å²) in [6.45, 7) is 0. The molecule has 2 radical (unpaired) electrons. The summed E-state index contributed by atoms with van der Waals surface area (Å²) in [5.74, 6) is 0.497. The minimum atomic E-state index is -4.40. The van der Waals surface area contributed by atoms with E-state index in [4.69, 9.17) is 11.6 Å². The van der Waals surface area contributed by atoms with Crippen LogP contribution in [-0.4, -0.2) is 38.0 Å². The van der Waals surface area contributed by atoms with Crippen molar-refractivity contribution in [2.45, 2.75) is 31.5 Å². The number of nitrogens with one attached hydrogen (secondary N) is 1. The van der Waals surface area contributed by atoms with Crippen molar-refractivity contribution in [2.24, 2.45) is 0 Å². The van der Waals surface area contributed by atoms with Crippen LogP contribution in [0.2, 0.25) is 5.02 Å². The maximum absolute atomic E-state index is 12.9. The van der Waals surface area contributed by atoms with Crippen LogP contribution in [0.15, 0.2) is 42.7 Å². The summed E-state index contributed by atoms with van der Waals surface area (Å²) in [5.41, 5.74) is 3.11. The van der Waals surface area contributed by atoms with E-state index in [1.54, 1.807) is 12.1 Å². The number of aliphatic hydroxyl groups is 1. The van der Waals surface area contributed by atoms with Gasteiger partial charge in [-0.2, -0.15) is 0 Å². The summed E-state index contributed by atoms with van der Waals surface area (Å²) >= 11 is 8.47. The monoisotopic (exact) mass is 493 g/mol. The van der Waals surface area contributed by atoms with E-state index in [0.29, 0.717) is 45.7 Å². The van der Waals surface area contributed by atoms with Gasteiger partial charge in [0.05, 0.1) is 0 Å². The van der Waals surface area contributed by atoms with Crippen molar-refractivity contribution in [2.75, 3.05) is 5.32 Å². The molecule has 0 saturated carbocycles. The van der Waals surface area contributed by atoms with Gasteiger partial charge < -0.3 is 0 Å². The molecule has 0 bridgehead atoms. The quantitative estimate of drug-likeness (QED) is 0.537. The number of rotatable bonds is 3. The van der Waals surface area contributed by atoms with Gasteiger partial charge in [0.2, 0.25) is 0 Å². The Hall–Kier alpha value is -2.08. The average molecular weight is 494 g/mol. The minimum absolute atomic E-state index is 0.411. The molecule has 3 aromatic rings. The van der Waals surface area contributed by atoms with Crippen LogP contribution in [-0.2, 0) is 19.0 Å². The molecule has 4 rings (SSSR count). The van der Waals surface area contributed by atoms with Gasteiger partial charge in [0.15, 0.2) is 0 Å². The second-order valence-corrected chi connectivity index (χ2v) is 8.51. The topological polar surface area (TPSA) is 58.0 Å². The number of hydrogen-bond acceptors (Lipinski definition) is 4. The van der Waals surface area contributed by atoms with Crippen molar-refractivity contribution in [3.05, 3.63) is 64.4 Å². The Balaban J connectivity index is 1.66. The molecule has 1 aliphatic rings. The molecule has 1 unspecified atom stereocenters. The molecule has 1 aromatic heterocycles. The zero-order chi connectivity index (χ0) is 21.5. The Morgan fingerprint density at radius 2 is 1.90 bits per heavy atom. The zero-order valence-electron chi connectivity index (χ0n) is 15.5. The number of aliphatic hydroxyl groups excluding tert-OH is 1. The van der Waals surface area contributed by atoms with Gasteiger partial charge >= 0.3 is 185 Å². The molecule has 9 heteroatoms. The Kier molecular flexibility index (Phi) is 5.79. The fourth-order valence-corrected chi connectivity index (χ4v) is 4.53. The molecule has 1 atom stereocenters. The molecule has 30 heavy (non-hydrogen) atoms. The van der Waals surface area contributed by atoms with Crippen LogP contribution < -0.4 is 9.67 Å². The summed E-state index contributed by atoms with van der Waals surface area (Å²) in [5, 5.41) is 14.0. The van der Waals surface area contributed by atoms with Gasteiger partial charge in [-0.15, -0.1) is 0 Å². The van der Waals surface area contributed by atoms with Crippen molar-refractivity contribution in [3.8, 4) is 11.3 Å². The Morgan fingerprint density at radius 3 is 2.63 bits per heavy atom. The molecule has 1 aliphatic carbocycles. The average Bonchev–Trinajstić information content (AvgIpc) is 2.69. The van der Waals surface area contributed by atoms with Crippen molar-refractivity contribution >= 4 is 44.3 Å². The van der Waals surface area contributed by atoms with Crippen molar-refractivity contribution < 1.29 is 18.3 Å². The first-order chi connectivity index (χ1) is 14.2. The zero-order valence-corrected chi connectivity index (χ0v) is 18.2. The number of hydrogen-bond donors (Lipinski definition) is 2. The van der Waals surface area contributed by atoms with Crippen molar-refractivity contribution in [1.82, 2.24) is 9.97 Å². The van der Waals surface area contributed by atoms with E-state index in [0.717, 1.165) is 28.9 Å². The van der Waals surface area contributed by atoms with E-state index < -0.39 is 17.8 Å². The van der Waals surface area contributed by atoms with Crippen LogP contribution in [0.4, 0.5) is 24.7 Å². The predicted octanol–water partition coefficient (Wildman–Crippen LogP) is 4.20. The predicted molar refractivity (Wildman–Crippen MR) is 111 cm³/mol. The van der Waals surface area contributed by atoms with Crippen molar-refractivity contribution in [3.63, 3.8) is 0 Å². The van der Waals surface area contributed by atoms with Crippen LogP contribution in [0, 0.1) is 0 Å². The molecule has 4 nitrogen and oxygen atoms in total. The maximum atomic E-state index is 12.9. The SMILES string of the molecule is OC1CCc2c(Cl)ccc(Nc3cc(-c4ccc(C(F)(F)F)cc4[As])ncn3)c2C1. The molecular weight excluding hydrogens is 478 g/mol. The molecule has 2 N–H and O–H groups in total. The number of fused-ring (bicyclic) bond motifs is 1. The first-order valence-electron chi connectivity index (χ1n) is 9.20. The molecule has 154 valence electrons. The van der Waals surface area contributed by atoms with E-state index in [1.165, 1.54) is 12.4 Å². The van der Waals surface area contributed by atoms with Crippen molar-refractivity contribution in [1.29, 1.82) is 0 Å². The van der Waals surface area contributed by atoms with Gasteiger partial charge in [-0.3, -0.25) is 0 Å². The standard InChI is InChI=1S/C21H16AsClF3N3O/c22-16-7-11(21(24,25)26)1-3-14(16)19-9-20(28-10-27-19)29-18-6-5-17(23)13-4-2-12(30)8-15(13)18/h1,3,5-7,9-10,12,30H,2,4,8H2,(H,27,28,29).